The monoisotopic (exact) mass is 617 g/mol. The molecule has 0 amide bonds. The molecule has 0 saturated heterocycles. The van der Waals surface area contributed by atoms with Crippen LogP contribution in [0.15, 0.2) is 152 Å². The van der Waals surface area contributed by atoms with Crippen LogP contribution in [0.5, 0.6) is 0 Å². The van der Waals surface area contributed by atoms with E-state index in [4.69, 9.17) is 15.0 Å². The summed E-state index contributed by atoms with van der Waals surface area (Å²) in [6, 6.07) is 54.0. The van der Waals surface area contributed by atoms with Gasteiger partial charge in [-0.1, -0.05) is 159 Å². The Morgan fingerprint density at radius 3 is 1.79 bits per heavy atom. The number of benzene rings is 7. The van der Waals surface area contributed by atoms with E-state index in [0.29, 0.717) is 17.5 Å². The molecule has 0 aliphatic carbocycles. The molecule has 4 heteroatoms. The Balaban J connectivity index is 1.21. The second-order valence-electron chi connectivity index (χ2n) is 12.9. The minimum Gasteiger partial charge on any atom is -0.208 e. The Bertz CT molecular complexity index is 2480. The lowest BCUT2D eigenvalue weighted by atomic mass is 9.96. The molecular weight excluding hydrogens is 587 g/mol. The highest BCUT2D eigenvalue weighted by Crippen LogP contribution is 2.38. The van der Waals surface area contributed by atoms with Gasteiger partial charge in [-0.2, -0.15) is 0 Å². The number of hydrogen-bond donors (Lipinski definition) is 0. The lowest BCUT2D eigenvalue weighted by molar-refractivity contribution is 1.07. The van der Waals surface area contributed by atoms with Crippen molar-refractivity contribution in [1.82, 2.24) is 15.0 Å². The molecule has 0 atom stereocenters. The molecular formula is C43H31N3Si. The Labute approximate surface area is 275 Å². The molecule has 222 valence electrons. The highest BCUT2D eigenvalue weighted by atomic mass is 28.3. The maximum absolute atomic E-state index is 5.20. The van der Waals surface area contributed by atoms with Crippen molar-refractivity contribution in [3.8, 4) is 56.4 Å². The lowest BCUT2D eigenvalue weighted by Crippen LogP contribution is -2.49. The number of aromatic nitrogens is 3. The van der Waals surface area contributed by atoms with Crippen molar-refractivity contribution >= 4 is 40.0 Å². The normalized spacial score (nSPS) is 13.1. The smallest absolute Gasteiger partial charge is 0.164 e. The Kier molecular flexibility index (Phi) is 6.27. The van der Waals surface area contributed by atoms with Crippen LogP contribution in [0, 0.1) is 0 Å². The predicted molar refractivity (Wildman–Crippen MR) is 199 cm³/mol. The van der Waals surface area contributed by atoms with E-state index in [1.165, 1.54) is 48.6 Å². The molecule has 47 heavy (non-hydrogen) atoms. The van der Waals surface area contributed by atoms with Gasteiger partial charge in [-0.05, 0) is 60.2 Å². The van der Waals surface area contributed by atoms with Gasteiger partial charge >= 0.3 is 0 Å². The topological polar surface area (TPSA) is 38.7 Å². The Hall–Kier alpha value is -5.71. The van der Waals surface area contributed by atoms with E-state index in [1.54, 1.807) is 0 Å². The van der Waals surface area contributed by atoms with Crippen molar-refractivity contribution < 1.29 is 0 Å². The van der Waals surface area contributed by atoms with Crippen LogP contribution in [-0.2, 0) is 0 Å². The van der Waals surface area contributed by atoms with Crippen LogP contribution in [0.25, 0.3) is 78.0 Å². The van der Waals surface area contributed by atoms with E-state index in [1.807, 2.05) is 18.2 Å². The third-order valence-electron chi connectivity index (χ3n) is 9.70. The van der Waals surface area contributed by atoms with E-state index < -0.39 is 8.07 Å². The number of fused-ring (bicyclic) bond motifs is 6. The molecule has 2 heterocycles. The molecule has 0 radical (unpaired) electrons. The van der Waals surface area contributed by atoms with Gasteiger partial charge < -0.3 is 0 Å². The molecule has 0 fully saturated rings. The minimum absolute atomic E-state index is 0.671. The molecule has 0 unspecified atom stereocenters. The van der Waals surface area contributed by atoms with Crippen molar-refractivity contribution in [2.24, 2.45) is 0 Å². The molecule has 1 aromatic heterocycles. The van der Waals surface area contributed by atoms with Gasteiger partial charge in [-0.15, -0.1) is 0 Å². The SMILES string of the molecule is C[Si]1(C)c2cccc(-c3nc(-c4ccccc4)nc(-c4ccc(-c5ccc6ccccc6c5)cc4)n3)c2-c2ccc3ccccc3c21. The van der Waals surface area contributed by atoms with E-state index >= 15 is 0 Å². The zero-order valence-corrected chi connectivity index (χ0v) is 27.3. The quantitative estimate of drug-likeness (QED) is 0.185. The summed E-state index contributed by atoms with van der Waals surface area (Å²) in [6.45, 7) is 4.94. The first kappa shape index (κ1) is 27.6. The van der Waals surface area contributed by atoms with Crippen LogP contribution >= 0.6 is 0 Å². The summed E-state index contributed by atoms with van der Waals surface area (Å²) in [7, 11) is -1.99. The number of hydrogen-bond acceptors (Lipinski definition) is 3. The molecule has 8 aromatic rings. The van der Waals surface area contributed by atoms with Crippen molar-refractivity contribution in [2.75, 3.05) is 0 Å². The summed E-state index contributed by atoms with van der Waals surface area (Å²) in [5, 5.41) is 8.07. The molecule has 9 rings (SSSR count). The van der Waals surface area contributed by atoms with Crippen LogP contribution in [0.3, 0.4) is 0 Å². The fourth-order valence-electron chi connectivity index (χ4n) is 7.36. The summed E-state index contributed by atoms with van der Waals surface area (Å²) in [5.74, 6) is 2.05. The minimum atomic E-state index is -1.99. The Morgan fingerprint density at radius 2 is 1.00 bits per heavy atom. The maximum atomic E-state index is 5.20. The average Bonchev–Trinajstić information content (AvgIpc) is 3.38. The first-order chi connectivity index (χ1) is 23.0. The number of nitrogens with zero attached hydrogens (tertiary/aromatic N) is 3. The van der Waals surface area contributed by atoms with Crippen LogP contribution in [0.1, 0.15) is 0 Å². The van der Waals surface area contributed by atoms with Crippen LogP contribution in [0.2, 0.25) is 13.1 Å². The largest absolute Gasteiger partial charge is 0.208 e. The summed E-state index contributed by atoms with van der Waals surface area (Å²) in [6.07, 6.45) is 0. The molecule has 3 nitrogen and oxygen atoms in total. The second kappa shape index (κ2) is 10.7. The van der Waals surface area contributed by atoms with Gasteiger partial charge in [0, 0.05) is 16.7 Å². The van der Waals surface area contributed by atoms with Gasteiger partial charge in [0.2, 0.25) is 0 Å². The van der Waals surface area contributed by atoms with Crippen LogP contribution < -0.4 is 10.4 Å². The van der Waals surface area contributed by atoms with E-state index in [-0.39, 0.29) is 0 Å². The molecule has 0 spiro atoms. The van der Waals surface area contributed by atoms with E-state index in [9.17, 15) is 0 Å². The lowest BCUT2D eigenvalue weighted by Gasteiger charge is -2.20. The van der Waals surface area contributed by atoms with Crippen LogP contribution in [-0.4, -0.2) is 23.0 Å². The van der Waals surface area contributed by atoms with Gasteiger partial charge in [0.05, 0.1) is 0 Å². The molecule has 7 aromatic carbocycles. The van der Waals surface area contributed by atoms with Gasteiger partial charge in [-0.3, -0.25) is 0 Å². The predicted octanol–water partition coefficient (Wildman–Crippen LogP) is 9.65. The molecule has 0 saturated carbocycles. The highest BCUT2D eigenvalue weighted by Gasteiger charge is 2.40. The van der Waals surface area contributed by atoms with E-state index in [2.05, 4.69) is 147 Å². The van der Waals surface area contributed by atoms with Crippen LogP contribution in [0.4, 0.5) is 0 Å². The fraction of sp³-hybridized carbons (Fsp3) is 0.0465. The molecule has 0 bridgehead atoms. The summed E-state index contributed by atoms with van der Waals surface area (Å²) in [4.78, 5) is 15.4. The first-order valence-electron chi connectivity index (χ1n) is 16.1. The summed E-state index contributed by atoms with van der Waals surface area (Å²) < 4.78 is 0. The van der Waals surface area contributed by atoms with Gasteiger partial charge in [0.25, 0.3) is 0 Å². The van der Waals surface area contributed by atoms with Crippen molar-refractivity contribution in [1.29, 1.82) is 0 Å². The van der Waals surface area contributed by atoms with Crippen molar-refractivity contribution in [2.45, 2.75) is 13.1 Å². The summed E-state index contributed by atoms with van der Waals surface area (Å²) >= 11 is 0. The van der Waals surface area contributed by atoms with Crippen molar-refractivity contribution in [3.63, 3.8) is 0 Å². The van der Waals surface area contributed by atoms with E-state index in [0.717, 1.165) is 22.3 Å². The zero-order valence-electron chi connectivity index (χ0n) is 26.3. The number of rotatable bonds is 4. The summed E-state index contributed by atoms with van der Waals surface area (Å²) in [5.41, 5.74) is 7.93. The van der Waals surface area contributed by atoms with Gasteiger partial charge in [0.15, 0.2) is 17.5 Å². The standard InChI is InChI=1S/C43H31N3Si/c1-47(2)38-18-10-17-37(39(38)36-26-25-30-12-8-9-16-35(30)40(36)47)43-45-41(31-13-4-3-5-14-31)44-42(46-43)32-22-19-29(20-23-32)34-24-21-28-11-6-7-15-33(28)27-34/h3-27H,1-2H3. The molecule has 0 N–H and O–H groups in total. The van der Waals surface area contributed by atoms with Gasteiger partial charge in [0.1, 0.15) is 8.07 Å². The Morgan fingerprint density at radius 1 is 0.404 bits per heavy atom. The molecule has 1 aliphatic rings. The fourth-order valence-corrected chi connectivity index (χ4v) is 10.8. The molecule has 1 aliphatic heterocycles. The second-order valence-corrected chi connectivity index (χ2v) is 17.2. The highest BCUT2D eigenvalue weighted by molar-refractivity contribution is 7.05. The maximum Gasteiger partial charge on any atom is 0.164 e. The van der Waals surface area contributed by atoms with Gasteiger partial charge in [-0.25, -0.2) is 15.0 Å². The third kappa shape index (κ3) is 4.52. The average molecular weight is 618 g/mol. The third-order valence-corrected chi connectivity index (χ3v) is 13.2. The van der Waals surface area contributed by atoms with Crippen molar-refractivity contribution in [3.05, 3.63) is 152 Å². The zero-order chi connectivity index (χ0) is 31.5. The first-order valence-corrected chi connectivity index (χ1v) is 19.1.